The van der Waals surface area contributed by atoms with Crippen molar-refractivity contribution in [1.82, 2.24) is 20.2 Å². The van der Waals surface area contributed by atoms with Crippen LogP contribution in [-0.4, -0.2) is 58.9 Å². The van der Waals surface area contributed by atoms with Gasteiger partial charge in [0.15, 0.2) is 5.16 Å². The number of halogens is 1. The minimum absolute atomic E-state index is 0.0497. The van der Waals surface area contributed by atoms with Crippen molar-refractivity contribution in [2.24, 2.45) is 0 Å². The highest BCUT2D eigenvalue weighted by Crippen LogP contribution is 2.33. The molecule has 30 heavy (non-hydrogen) atoms. The predicted molar refractivity (Wildman–Crippen MR) is 121 cm³/mol. The molecule has 1 fully saturated rings. The number of hydrogen-bond donors (Lipinski definition) is 2. The van der Waals surface area contributed by atoms with Crippen LogP contribution in [0.1, 0.15) is 12.0 Å². The van der Waals surface area contributed by atoms with Crippen molar-refractivity contribution >= 4 is 40.3 Å². The van der Waals surface area contributed by atoms with E-state index in [0.29, 0.717) is 24.7 Å². The normalized spacial score (nSPS) is 19.4. The molecule has 0 aliphatic carbocycles. The molecular weight excluding hydrogens is 420 g/mol. The summed E-state index contributed by atoms with van der Waals surface area (Å²) in [7, 11) is 1.63. The summed E-state index contributed by atoms with van der Waals surface area (Å²) in [4.78, 5) is 23.2. The second-order valence-electron chi connectivity index (χ2n) is 7.39. The average molecular weight is 445 g/mol. The summed E-state index contributed by atoms with van der Waals surface area (Å²) in [5.74, 6) is 0.0497. The van der Waals surface area contributed by atoms with Crippen molar-refractivity contribution in [2.45, 2.75) is 29.4 Å². The van der Waals surface area contributed by atoms with E-state index >= 15 is 0 Å². The van der Waals surface area contributed by atoms with Gasteiger partial charge in [0.25, 0.3) is 0 Å². The summed E-state index contributed by atoms with van der Waals surface area (Å²) in [5.41, 5.74) is 3.14. The number of benzene rings is 2. The number of ether oxygens (including phenoxy) is 1. The number of para-hydroxylation sites is 2. The second-order valence-corrected chi connectivity index (χ2v) is 9.12. The first-order valence-electron chi connectivity index (χ1n) is 9.99. The lowest BCUT2D eigenvalue weighted by atomic mass is 10.1. The zero-order valence-electron chi connectivity index (χ0n) is 16.8. The maximum atomic E-state index is 12.9. The van der Waals surface area contributed by atoms with Crippen molar-refractivity contribution in [3.8, 4) is 0 Å². The van der Waals surface area contributed by atoms with Gasteiger partial charge in [-0.2, -0.15) is 0 Å². The Balaban J connectivity index is 1.47. The number of amides is 1. The van der Waals surface area contributed by atoms with Crippen LogP contribution in [0.2, 0.25) is 5.02 Å². The molecule has 2 aromatic carbocycles. The number of imidazole rings is 1. The van der Waals surface area contributed by atoms with E-state index in [2.05, 4.69) is 20.2 Å². The van der Waals surface area contributed by atoms with E-state index in [1.165, 1.54) is 0 Å². The molecular formula is C22H25ClN4O2S. The number of methoxy groups -OCH3 is 1. The van der Waals surface area contributed by atoms with Crippen LogP contribution in [-0.2, 0) is 16.1 Å². The third-order valence-electron chi connectivity index (χ3n) is 5.22. The van der Waals surface area contributed by atoms with Crippen LogP contribution in [0.3, 0.4) is 0 Å². The quantitative estimate of drug-likeness (QED) is 0.518. The average Bonchev–Trinajstić information content (AvgIpc) is 3.33. The summed E-state index contributed by atoms with van der Waals surface area (Å²) in [6.45, 7) is 2.54. The van der Waals surface area contributed by atoms with Crippen molar-refractivity contribution in [3.63, 3.8) is 0 Å². The third kappa shape index (κ3) is 5.16. The fourth-order valence-electron chi connectivity index (χ4n) is 3.76. The number of thioether (sulfide) groups is 1. The zero-order valence-corrected chi connectivity index (χ0v) is 18.4. The minimum atomic E-state index is -0.181. The van der Waals surface area contributed by atoms with Gasteiger partial charge >= 0.3 is 0 Å². The standard InChI is InChI=1S/C22H25ClN4O2S/c1-29-11-10-24-21(28)20-12-17(14-27(20)13-15-6-8-16(23)9-7-15)30-22-25-18-4-2-3-5-19(18)26-22/h2-9,17,20H,10-14H2,1H3,(H,24,28)(H,25,26)/t17-,20+/m1/s1. The van der Waals surface area contributed by atoms with Crippen LogP contribution in [0.5, 0.6) is 0 Å². The largest absolute Gasteiger partial charge is 0.383 e. The molecule has 2 N–H and O–H groups in total. The first kappa shape index (κ1) is 21.2. The number of nitrogens with one attached hydrogen (secondary N) is 2. The maximum absolute atomic E-state index is 12.9. The smallest absolute Gasteiger partial charge is 0.237 e. The van der Waals surface area contributed by atoms with Gasteiger partial charge in [0, 0.05) is 37.0 Å². The predicted octanol–water partition coefficient (Wildman–Crippen LogP) is 3.71. The van der Waals surface area contributed by atoms with Crippen molar-refractivity contribution in [3.05, 3.63) is 59.1 Å². The zero-order chi connectivity index (χ0) is 20.9. The number of aromatic amines is 1. The molecule has 1 aliphatic heterocycles. The number of H-pyrrole nitrogens is 1. The molecule has 1 amide bonds. The topological polar surface area (TPSA) is 70.2 Å². The van der Waals surface area contributed by atoms with Gasteiger partial charge in [-0.05, 0) is 36.2 Å². The number of likely N-dealkylation sites (tertiary alicyclic amines) is 1. The molecule has 1 aromatic heterocycles. The van der Waals surface area contributed by atoms with Gasteiger partial charge in [0.1, 0.15) is 0 Å². The van der Waals surface area contributed by atoms with Crippen molar-refractivity contribution in [2.75, 3.05) is 26.8 Å². The van der Waals surface area contributed by atoms with E-state index in [9.17, 15) is 4.79 Å². The molecule has 0 spiro atoms. The number of nitrogens with zero attached hydrogens (tertiary/aromatic N) is 2. The molecule has 0 saturated carbocycles. The lowest BCUT2D eigenvalue weighted by molar-refractivity contribution is -0.125. The molecule has 2 atom stereocenters. The second kappa shape index (κ2) is 9.83. The highest BCUT2D eigenvalue weighted by atomic mass is 35.5. The maximum Gasteiger partial charge on any atom is 0.237 e. The molecule has 0 bridgehead atoms. The number of aromatic nitrogens is 2. The Kier molecular flexibility index (Phi) is 6.94. The van der Waals surface area contributed by atoms with Crippen LogP contribution in [0, 0.1) is 0 Å². The van der Waals surface area contributed by atoms with E-state index in [-0.39, 0.29) is 17.2 Å². The monoisotopic (exact) mass is 444 g/mol. The first-order chi connectivity index (χ1) is 14.6. The number of rotatable bonds is 8. The lowest BCUT2D eigenvalue weighted by Gasteiger charge is -2.23. The van der Waals surface area contributed by atoms with E-state index in [4.69, 9.17) is 16.3 Å². The molecule has 8 heteroatoms. The molecule has 0 unspecified atom stereocenters. The first-order valence-corrected chi connectivity index (χ1v) is 11.2. The molecule has 1 saturated heterocycles. The third-order valence-corrected chi connectivity index (χ3v) is 6.56. The summed E-state index contributed by atoms with van der Waals surface area (Å²) >= 11 is 7.73. The summed E-state index contributed by atoms with van der Waals surface area (Å²) in [6, 6.07) is 15.6. The number of carbonyl (C=O) groups is 1. The number of fused-ring (bicyclic) bond motifs is 1. The molecule has 0 radical (unpaired) electrons. The molecule has 2 heterocycles. The van der Waals surface area contributed by atoms with E-state index < -0.39 is 0 Å². The molecule has 158 valence electrons. The minimum Gasteiger partial charge on any atom is -0.383 e. The van der Waals surface area contributed by atoms with Crippen LogP contribution in [0.4, 0.5) is 0 Å². The van der Waals surface area contributed by atoms with Crippen molar-refractivity contribution < 1.29 is 9.53 Å². The Bertz CT molecular complexity index is 961. The molecule has 4 rings (SSSR count). The van der Waals surface area contributed by atoms with Gasteiger partial charge in [-0.25, -0.2) is 4.98 Å². The van der Waals surface area contributed by atoms with Crippen LogP contribution < -0.4 is 5.32 Å². The van der Waals surface area contributed by atoms with Gasteiger partial charge in [0.05, 0.1) is 23.7 Å². The van der Waals surface area contributed by atoms with Gasteiger partial charge in [-0.15, -0.1) is 0 Å². The SMILES string of the molecule is COCCNC(=O)[C@@H]1C[C@@H](Sc2nc3ccccc3[nH]2)CN1Cc1ccc(Cl)cc1. The van der Waals surface area contributed by atoms with E-state index in [1.54, 1.807) is 18.9 Å². The Labute approximate surface area is 185 Å². The highest BCUT2D eigenvalue weighted by molar-refractivity contribution is 7.99. The Morgan fingerprint density at radius 3 is 2.87 bits per heavy atom. The van der Waals surface area contributed by atoms with Crippen molar-refractivity contribution in [1.29, 1.82) is 0 Å². The van der Waals surface area contributed by atoms with Gasteiger partial charge in [-0.3, -0.25) is 9.69 Å². The lowest BCUT2D eigenvalue weighted by Crippen LogP contribution is -2.43. The van der Waals surface area contributed by atoms with Crippen LogP contribution >= 0.6 is 23.4 Å². The summed E-state index contributed by atoms with van der Waals surface area (Å²) in [6.07, 6.45) is 0.772. The summed E-state index contributed by atoms with van der Waals surface area (Å²) < 4.78 is 5.06. The fraction of sp³-hybridized carbons (Fsp3) is 0.364. The molecule has 3 aromatic rings. The fourth-order valence-corrected chi connectivity index (χ4v) is 5.06. The summed E-state index contributed by atoms with van der Waals surface area (Å²) in [5, 5.41) is 4.88. The Hall–Kier alpha value is -2.06. The highest BCUT2D eigenvalue weighted by Gasteiger charge is 2.37. The van der Waals surface area contributed by atoms with Gasteiger partial charge in [-0.1, -0.05) is 47.6 Å². The number of carbonyl (C=O) groups excluding carboxylic acids is 1. The van der Waals surface area contributed by atoms with E-state index in [0.717, 1.165) is 34.7 Å². The van der Waals surface area contributed by atoms with Crippen LogP contribution in [0.15, 0.2) is 53.7 Å². The van der Waals surface area contributed by atoms with Gasteiger partial charge in [0.2, 0.25) is 5.91 Å². The van der Waals surface area contributed by atoms with Crippen LogP contribution in [0.25, 0.3) is 11.0 Å². The Morgan fingerprint density at radius 2 is 2.10 bits per heavy atom. The molecule has 1 aliphatic rings. The number of hydrogen-bond acceptors (Lipinski definition) is 5. The van der Waals surface area contributed by atoms with Gasteiger partial charge < -0.3 is 15.0 Å². The Morgan fingerprint density at radius 1 is 1.30 bits per heavy atom. The molecule has 6 nitrogen and oxygen atoms in total. The van der Waals surface area contributed by atoms with E-state index in [1.807, 2.05) is 48.5 Å².